The third kappa shape index (κ3) is 3.91. The minimum Gasteiger partial charge on any atom is -0.383 e. The van der Waals surface area contributed by atoms with Crippen molar-refractivity contribution in [3.63, 3.8) is 0 Å². The molecule has 2 heterocycles. The molecular formula is C13H16BrN3O2S. The summed E-state index contributed by atoms with van der Waals surface area (Å²) in [6, 6.07) is 5.56. The fourth-order valence-electron chi connectivity index (χ4n) is 1.69. The number of thiophene rings is 1. The van der Waals surface area contributed by atoms with Gasteiger partial charge in [-0.25, -0.2) is 4.68 Å². The Morgan fingerprint density at radius 1 is 1.50 bits per heavy atom. The number of nitrogens with zero attached hydrogens (tertiary/aromatic N) is 3. The van der Waals surface area contributed by atoms with Crippen LogP contribution in [0.4, 0.5) is 5.69 Å². The molecule has 0 saturated carbocycles. The first kappa shape index (κ1) is 15.2. The van der Waals surface area contributed by atoms with Crippen molar-refractivity contribution in [2.24, 2.45) is 0 Å². The predicted molar refractivity (Wildman–Crippen MR) is 84.8 cm³/mol. The number of aromatic nitrogens is 2. The van der Waals surface area contributed by atoms with Gasteiger partial charge in [0.25, 0.3) is 5.56 Å². The van der Waals surface area contributed by atoms with Gasteiger partial charge in [-0.2, -0.15) is 5.10 Å². The number of ether oxygens (including phenoxy) is 1. The largest absolute Gasteiger partial charge is 0.383 e. The highest BCUT2D eigenvalue weighted by atomic mass is 79.9. The third-order valence-corrected chi connectivity index (χ3v) is 4.47. The van der Waals surface area contributed by atoms with Crippen LogP contribution in [0.2, 0.25) is 0 Å². The highest BCUT2D eigenvalue weighted by Crippen LogP contribution is 2.22. The average molecular weight is 358 g/mol. The van der Waals surface area contributed by atoms with Crippen LogP contribution in [0.3, 0.4) is 0 Å². The van der Waals surface area contributed by atoms with E-state index in [0.29, 0.717) is 13.2 Å². The van der Waals surface area contributed by atoms with Gasteiger partial charge in [0.2, 0.25) is 0 Å². The lowest BCUT2D eigenvalue weighted by molar-refractivity contribution is 0.206. The molecule has 0 radical (unpaired) electrons. The van der Waals surface area contributed by atoms with Crippen LogP contribution < -0.4 is 10.5 Å². The number of rotatable bonds is 6. The molecule has 7 heteroatoms. The number of hydrogen-bond acceptors (Lipinski definition) is 5. The van der Waals surface area contributed by atoms with Crippen LogP contribution in [0.1, 0.15) is 4.88 Å². The summed E-state index contributed by atoms with van der Waals surface area (Å²) in [4.78, 5) is 15.1. The second-order valence-corrected chi connectivity index (χ2v) is 6.88. The highest BCUT2D eigenvalue weighted by molar-refractivity contribution is 9.11. The number of hydrogen-bond donors (Lipinski definition) is 0. The van der Waals surface area contributed by atoms with E-state index in [9.17, 15) is 4.79 Å². The summed E-state index contributed by atoms with van der Waals surface area (Å²) in [5, 5.41) is 4.22. The standard InChI is InChI=1S/C13H16BrN3O2S/c1-16(5-6-19-2)10-7-13(18)17(15-8-10)9-11-3-4-12(14)20-11/h3-4,7-8H,5-6,9H2,1-2H3. The second kappa shape index (κ2) is 7.01. The van der Waals surface area contributed by atoms with Gasteiger partial charge < -0.3 is 9.64 Å². The van der Waals surface area contributed by atoms with Crippen LogP contribution in [0.5, 0.6) is 0 Å². The Labute approximate surface area is 129 Å². The summed E-state index contributed by atoms with van der Waals surface area (Å²) >= 11 is 5.01. The molecule has 2 rings (SSSR count). The first-order valence-electron chi connectivity index (χ1n) is 6.11. The molecule has 0 N–H and O–H groups in total. The van der Waals surface area contributed by atoms with Crippen molar-refractivity contribution < 1.29 is 4.74 Å². The van der Waals surface area contributed by atoms with E-state index >= 15 is 0 Å². The van der Waals surface area contributed by atoms with Crippen LogP contribution in [-0.4, -0.2) is 37.1 Å². The third-order valence-electron chi connectivity index (χ3n) is 2.86. The Hall–Kier alpha value is -1.18. The van der Waals surface area contributed by atoms with Gasteiger partial charge in [0.15, 0.2) is 0 Å². The molecule has 108 valence electrons. The van der Waals surface area contributed by atoms with Crippen molar-refractivity contribution in [3.05, 3.63) is 43.4 Å². The Balaban J connectivity index is 2.11. The van der Waals surface area contributed by atoms with E-state index in [-0.39, 0.29) is 5.56 Å². The molecule has 20 heavy (non-hydrogen) atoms. The van der Waals surface area contributed by atoms with Crippen molar-refractivity contribution in [2.45, 2.75) is 6.54 Å². The van der Waals surface area contributed by atoms with E-state index in [2.05, 4.69) is 21.0 Å². The first-order chi connectivity index (χ1) is 9.60. The predicted octanol–water partition coefficient (Wildman–Crippen LogP) is 2.20. The van der Waals surface area contributed by atoms with Crippen molar-refractivity contribution in [1.82, 2.24) is 9.78 Å². The number of anilines is 1. The molecule has 0 bridgehead atoms. The summed E-state index contributed by atoms with van der Waals surface area (Å²) in [7, 11) is 3.57. The Morgan fingerprint density at radius 2 is 2.30 bits per heavy atom. The summed E-state index contributed by atoms with van der Waals surface area (Å²) in [6.07, 6.45) is 1.71. The van der Waals surface area contributed by atoms with E-state index in [1.54, 1.807) is 30.7 Å². The van der Waals surface area contributed by atoms with Gasteiger partial charge in [-0.3, -0.25) is 4.79 Å². The maximum Gasteiger partial charge on any atom is 0.269 e. The second-order valence-electron chi connectivity index (χ2n) is 4.33. The molecule has 0 spiro atoms. The molecule has 0 aromatic carbocycles. The topological polar surface area (TPSA) is 47.4 Å². The van der Waals surface area contributed by atoms with E-state index < -0.39 is 0 Å². The quantitative estimate of drug-likeness (QED) is 0.794. The molecule has 2 aromatic rings. The number of methoxy groups -OCH3 is 1. The van der Waals surface area contributed by atoms with Crippen LogP contribution in [0, 0.1) is 0 Å². The molecule has 0 aliphatic heterocycles. The lowest BCUT2D eigenvalue weighted by Crippen LogP contribution is -2.27. The number of halogens is 1. The summed E-state index contributed by atoms with van der Waals surface area (Å²) in [5.74, 6) is 0. The van der Waals surface area contributed by atoms with Gasteiger partial charge in [0, 0.05) is 31.6 Å². The molecule has 0 amide bonds. The van der Waals surface area contributed by atoms with Gasteiger partial charge >= 0.3 is 0 Å². The highest BCUT2D eigenvalue weighted by Gasteiger charge is 2.06. The van der Waals surface area contributed by atoms with Crippen LogP contribution in [0.15, 0.2) is 33.0 Å². The molecule has 0 atom stereocenters. The summed E-state index contributed by atoms with van der Waals surface area (Å²) in [5.41, 5.74) is 0.701. The van der Waals surface area contributed by atoms with Crippen LogP contribution in [0.25, 0.3) is 0 Å². The van der Waals surface area contributed by atoms with Gasteiger partial charge in [-0.1, -0.05) is 0 Å². The van der Waals surface area contributed by atoms with Gasteiger partial charge in [-0.15, -0.1) is 11.3 Å². The smallest absolute Gasteiger partial charge is 0.269 e. The molecule has 0 unspecified atom stereocenters. The zero-order chi connectivity index (χ0) is 14.5. The summed E-state index contributed by atoms with van der Waals surface area (Å²) < 4.78 is 7.54. The van der Waals surface area contributed by atoms with Crippen molar-refractivity contribution in [2.75, 3.05) is 32.2 Å². The number of likely N-dealkylation sites (N-methyl/N-ethyl adjacent to an activating group) is 1. The Kier molecular flexibility index (Phi) is 5.33. The molecule has 5 nitrogen and oxygen atoms in total. The Bertz CT molecular complexity index is 626. The van der Waals surface area contributed by atoms with Crippen LogP contribution in [-0.2, 0) is 11.3 Å². The molecular weight excluding hydrogens is 342 g/mol. The molecule has 0 aliphatic rings. The van der Waals surface area contributed by atoms with Crippen molar-refractivity contribution >= 4 is 33.0 Å². The van der Waals surface area contributed by atoms with E-state index in [0.717, 1.165) is 20.9 Å². The average Bonchev–Trinajstić information content (AvgIpc) is 2.83. The van der Waals surface area contributed by atoms with Gasteiger partial charge in [0.1, 0.15) is 0 Å². The fraction of sp³-hybridized carbons (Fsp3) is 0.385. The lowest BCUT2D eigenvalue weighted by atomic mass is 10.4. The molecule has 2 aromatic heterocycles. The zero-order valence-corrected chi connectivity index (χ0v) is 13.8. The fourth-order valence-corrected chi connectivity index (χ4v) is 3.16. The van der Waals surface area contributed by atoms with E-state index in [4.69, 9.17) is 4.74 Å². The maximum absolute atomic E-state index is 12.1. The maximum atomic E-state index is 12.1. The summed E-state index contributed by atoms with van der Waals surface area (Å²) in [6.45, 7) is 1.83. The lowest BCUT2D eigenvalue weighted by Gasteiger charge is -2.18. The zero-order valence-electron chi connectivity index (χ0n) is 11.4. The van der Waals surface area contributed by atoms with Gasteiger partial charge in [0.05, 0.1) is 28.8 Å². The van der Waals surface area contributed by atoms with Crippen LogP contribution >= 0.6 is 27.3 Å². The van der Waals surface area contributed by atoms with Crippen molar-refractivity contribution in [1.29, 1.82) is 0 Å². The normalized spacial score (nSPS) is 10.8. The minimum absolute atomic E-state index is 0.101. The first-order valence-corrected chi connectivity index (χ1v) is 7.72. The molecule has 0 fully saturated rings. The Morgan fingerprint density at radius 3 is 2.90 bits per heavy atom. The van der Waals surface area contributed by atoms with Crippen molar-refractivity contribution in [3.8, 4) is 0 Å². The monoisotopic (exact) mass is 357 g/mol. The van der Waals surface area contributed by atoms with Gasteiger partial charge in [-0.05, 0) is 28.1 Å². The van der Waals surface area contributed by atoms with E-state index in [1.807, 2.05) is 24.1 Å². The molecule has 0 aliphatic carbocycles. The van der Waals surface area contributed by atoms with E-state index in [1.165, 1.54) is 4.68 Å². The minimum atomic E-state index is -0.101. The molecule has 0 saturated heterocycles. The SMILES string of the molecule is COCCN(C)c1cnn(Cc2ccc(Br)s2)c(=O)c1.